The van der Waals surface area contributed by atoms with Gasteiger partial charge in [-0.15, -0.1) is 0 Å². The second-order valence-corrected chi connectivity index (χ2v) is 2.83. The lowest BCUT2D eigenvalue weighted by Crippen LogP contribution is -2.46. The summed E-state index contributed by atoms with van der Waals surface area (Å²) in [5.74, 6) is 0.406. The van der Waals surface area contributed by atoms with Crippen LogP contribution in [0.5, 0.6) is 0 Å². The quantitative estimate of drug-likeness (QED) is 0.373. The normalized spacial score (nSPS) is 32.3. The molecule has 0 aliphatic carbocycles. The number of hydrogen-bond acceptors (Lipinski definition) is 4. The van der Waals surface area contributed by atoms with Gasteiger partial charge in [0.25, 0.3) is 0 Å². The SMILES string of the molecule is NC1=NC2C(C=CCN2C=O)N1. The number of nitrogens with zero attached hydrogens (tertiary/aromatic N) is 2. The Morgan fingerprint density at radius 1 is 1.83 bits per heavy atom. The second-order valence-electron chi connectivity index (χ2n) is 2.83. The van der Waals surface area contributed by atoms with Gasteiger partial charge in [0.15, 0.2) is 12.1 Å². The third-order valence-electron chi connectivity index (χ3n) is 2.04. The van der Waals surface area contributed by atoms with Crippen molar-refractivity contribution in [1.82, 2.24) is 10.2 Å². The number of nitrogens with one attached hydrogen (secondary N) is 1. The van der Waals surface area contributed by atoms with Gasteiger partial charge in [0.2, 0.25) is 6.41 Å². The Morgan fingerprint density at radius 2 is 2.67 bits per heavy atom. The highest BCUT2D eigenvalue weighted by atomic mass is 16.1. The molecule has 2 heterocycles. The number of fused-ring (bicyclic) bond motifs is 1. The van der Waals surface area contributed by atoms with Gasteiger partial charge in [0.1, 0.15) is 0 Å². The molecule has 64 valence electrons. The Labute approximate surface area is 69.9 Å². The fourth-order valence-electron chi connectivity index (χ4n) is 1.48. The fraction of sp³-hybridized carbons (Fsp3) is 0.429. The summed E-state index contributed by atoms with van der Waals surface area (Å²) in [7, 11) is 0. The van der Waals surface area contributed by atoms with E-state index in [1.807, 2.05) is 12.2 Å². The summed E-state index contributed by atoms with van der Waals surface area (Å²) in [6, 6.07) is 0.0592. The molecule has 3 N–H and O–H groups in total. The molecule has 2 aliphatic heterocycles. The van der Waals surface area contributed by atoms with Crippen molar-refractivity contribution in [1.29, 1.82) is 0 Å². The lowest BCUT2D eigenvalue weighted by atomic mass is 10.1. The van der Waals surface area contributed by atoms with E-state index in [2.05, 4.69) is 10.3 Å². The van der Waals surface area contributed by atoms with Gasteiger partial charge in [0, 0.05) is 6.54 Å². The first-order chi connectivity index (χ1) is 5.81. The molecule has 5 heteroatoms. The molecule has 12 heavy (non-hydrogen) atoms. The van der Waals surface area contributed by atoms with Crippen molar-refractivity contribution in [2.75, 3.05) is 6.54 Å². The smallest absolute Gasteiger partial charge is 0.211 e. The first-order valence-electron chi connectivity index (χ1n) is 3.79. The van der Waals surface area contributed by atoms with Gasteiger partial charge in [-0.3, -0.25) is 4.79 Å². The summed E-state index contributed by atoms with van der Waals surface area (Å²) in [6.07, 6.45) is 4.56. The first kappa shape index (κ1) is 7.15. The zero-order chi connectivity index (χ0) is 8.55. The van der Waals surface area contributed by atoms with E-state index >= 15 is 0 Å². The van der Waals surface area contributed by atoms with Crippen LogP contribution in [0.1, 0.15) is 0 Å². The van der Waals surface area contributed by atoms with E-state index in [0.29, 0.717) is 12.5 Å². The monoisotopic (exact) mass is 166 g/mol. The van der Waals surface area contributed by atoms with E-state index in [-0.39, 0.29) is 12.2 Å². The Balaban J connectivity index is 2.23. The topological polar surface area (TPSA) is 70.7 Å². The maximum atomic E-state index is 10.6. The maximum absolute atomic E-state index is 10.6. The molecule has 0 spiro atoms. The molecule has 0 fully saturated rings. The predicted octanol–water partition coefficient (Wildman–Crippen LogP) is -1.37. The minimum absolute atomic E-state index is 0.0592. The third kappa shape index (κ3) is 0.939. The average molecular weight is 166 g/mol. The van der Waals surface area contributed by atoms with Crippen molar-refractivity contribution in [3.63, 3.8) is 0 Å². The summed E-state index contributed by atoms with van der Waals surface area (Å²) in [5, 5.41) is 2.96. The number of nitrogens with two attached hydrogens (primary N) is 1. The van der Waals surface area contributed by atoms with Crippen LogP contribution in [0.2, 0.25) is 0 Å². The molecule has 0 saturated heterocycles. The molecular weight excluding hydrogens is 156 g/mol. The van der Waals surface area contributed by atoms with E-state index < -0.39 is 0 Å². The fourth-order valence-corrected chi connectivity index (χ4v) is 1.48. The highest BCUT2D eigenvalue weighted by Gasteiger charge is 2.31. The Morgan fingerprint density at radius 3 is 3.42 bits per heavy atom. The standard InChI is InChI=1S/C7H10N4O/c8-7-9-5-2-1-3-11(4-12)6(5)10-7/h1-2,4-6H,3H2,(H3,8,9,10). The Hall–Kier alpha value is -1.52. The lowest BCUT2D eigenvalue weighted by molar-refractivity contribution is -0.119. The van der Waals surface area contributed by atoms with Crippen LogP contribution in [0.3, 0.4) is 0 Å². The number of hydrogen-bond donors (Lipinski definition) is 2. The number of rotatable bonds is 1. The number of aliphatic imine (C=N–C) groups is 1. The molecule has 2 atom stereocenters. The minimum atomic E-state index is -0.146. The molecule has 1 amide bonds. The molecule has 0 bridgehead atoms. The van der Waals surface area contributed by atoms with Gasteiger partial charge in [-0.1, -0.05) is 12.2 Å². The number of guanidine groups is 1. The molecule has 0 aromatic carbocycles. The van der Waals surface area contributed by atoms with Crippen LogP contribution in [-0.4, -0.2) is 36.0 Å². The van der Waals surface area contributed by atoms with Crippen LogP contribution < -0.4 is 11.1 Å². The Bertz CT molecular complexity index is 260. The summed E-state index contributed by atoms with van der Waals surface area (Å²) >= 11 is 0. The van der Waals surface area contributed by atoms with Gasteiger partial charge >= 0.3 is 0 Å². The van der Waals surface area contributed by atoms with Gasteiger partial charge in [-0.25, -0.2) is 4.99 Å². The number of carbonyl (C=O) groups is 1. The second kappa shape index (κ2) is 2.51. The average Bonchev–Trinajstić information content (AvgIpc) is 2.44. The van der Waals surface area contributed by atoms with Crippen molar-refractivity contribution in [3.05, 3.63) is 12.2 Å². The molecule has 2 rings (SSSR count). The first-order valence-corrected chi connectivity index (χ1v) is 3.79. The van der Waals surface area contributed by atoms with Crippen LogP contribution in [0.25, 0.3) is 0 Å². The van der Waals surface area contributed by atoms with E-state index in [1.165, 1.54) is 0 Å². The molecular formula is C7H10N4O. The summed E-state index contributed by atoms with van der Waals surface area (Å²) < 4.78 is 0. The maximum Gasteiger partial charge on any atom is 0.211 e. The molecule has 2 aliphatic rings. The lowest BCUT2D eigenvalue weighted by Gasteiger charge is -2.28. The van der Waals surface area contributed by atoms with Crippen molar-refractivity contribution in [2.45, 2.75) is 12.2 Å². The highest BCUT2D eigenvalue weighted by Crippen LogP contribution is 2.14. The third-order valence-corrected chi connectivity index (χ3v) is 2.04. The van der Waals surface area contributed by atoms with E-state index in [9.17, 15) is 4.79 Å². The van der Waals surface area contributed by atoms with Crippen molar-refractivity contribution >= 4 is 12.4 Å². The van der Waals surface area contributed by atoms with Crippen LogP contribution in [0.15, 0.2) is 17.1 Å². The van der Waals surface area contributed by atoms with Crippen LogP contribution in [-0.2, 0) is 4.79 Å². The molecule has 0 radical (unpaired) electrons. The summed E-state index contributed by atoms with van der Waals surface area (Å²) in [6.45, 7) is 0.614. The molecule has 0 aromatic rings. The van der Waals surface area contributed by atoms with Crippen molar-refractivity contribution < 1.29 is 4.79 Å². The minimum Gasteiger partial charge on any atom is -0.370 e. The number of carbonyl (C=O) groups excluding carboxylic acids is 1. The molecule has 5 nitrogen and oxygen atoms in total. The molecule has 2 unspecified atom stereocenters. The van der Waals surface area contributed by atoms with Crippen molar-refractivity contribution in [2.24, 2.45) is 10.7 Å². The van der Waals surface area contributed by atoms with Gasteiger partial charge < -0.3 is 16.0 Å². The number of amides is 1. The molecule has 0 saturated carbocycles. The zero-order valence-electron chi connectivity index (χ0n) is 6.47. The summed E-state index contributed by atoms with van der Waals surface area (Å²) in [5.41, 5.74) is 5.47. The summed E-state index contributed by atoms with van der Waals surface area (Å²) in [4.78, 5) is 16.3. The zero-order valence-corrected chi connectivity index (χ0v) is 6.47. The van der Waals surface area contributed by atoms with Crippen LogP contribution in [0.4, 0.5) is 0 Å². The predicted molar refractivity (Wildman–Crippen MR) is 44.2 cm³/mol. The highest BCUT2D eigenvalue weighted by molar-refractivity contribution is 5.81. The van der Waals surface area contributed by atoms with Crippen molar-refractivity contribution in [3.8, 4) is 0 Å². The van der Waals surface area contributed by atoms with Gasteiger partial charge in [0.05, 0.1) is 6.04 Å². The van der Waals surface area contributed by atoms with E-state index in [0.717, 1.165) is 6.41 Å². The van der Waals surface area contributed by atoms with Gasteiger partial charge in [-0.05, 0) is 0 Å². The Kier molecular flexibility index (Phi) is 1.49. The van der Waals surface area contributed by atoms with Crippen LogP contribution >= 0.6 is 0 Å². The van der Waals surface area contributed by atoms with Gasteiger partial charge in [-0.2, -0.15) is 0 Å². The molecule has 0 aromatic heterocycles. The van der Waals surface area contributed by atoms with E-state index in [1.54, 1.807) is 4.90 Å². The largest absolute Gasteiger partial charge is 0.370 e. The van der Waals surface area contributed by atoms with E-state index in [4.69, 9.17) is 5.73 Å². The van der Waals surface area contributed by atoms with Crippen LogP contribution in [0, 0.1) is 0 Å².